The maximum atomic E-state index is 10.1. The predicted octanol–water partition coefficient (Wildman–Crippen LogP) is 2.44. The van der Waals surface area contributed by atoms with Crippen LogP contribution in [-0.2, 0) is 27.2 Å². The van der Waals surface area contributed by atoms with Crippen LogP contribution in [-0.4, -0.2) is 11.1 Å². The van der Waals surface area contributed by atoms with Crippen molar-refractivity contribution in [3.63, 3.8) is 0 Å². The van der Waals surface area contributed by atoms with Gasteiger partial charge in [0.25, 0.3) is 0 Å². The van der Waals surface area contributed by atoms with Crippen LogP contribution in [0.4, 0.5) is 0 Å². The molecule has 73 valence electrons. The molecule has 0 amide bonds. The van der Waals surface area contributed by atoms with E-state index in [4.69, 9.17) is 16.7 Å². The van der Waals surface area contributed by atoms with Gasteiger partial charge in [0.15, 0.2) is 0 Å². The number of rotatable bonds is 2. The molecule has 0 saturated heterocycles. The molecular weight excluding hydrogens is 283 g/mol. The fraction of sp³-hybridized carbons (Fsp3) is 0. The van der Waals surface area contributed by atoms with Gasteiger partial charge in [-0.3, -0.25) is 0 Å². The smallest absolute Gasteiger partial charge is 0.328 e. The van der Waals surface area contributed by atoms with Crippen LogP contribution in [0.25, 0.3) is 6.08 Å². The van der Waals surface area contributed by atoms with E-state index >= 15 is 0 Å². The summed E-state index contributed by atoms with van der Waals surface area (Å²) >= 11 is 5.63. The van der Waals surface area contributed by atoms with Crippen molar-refractivity contribution in [2.45, 2.75) is 0 Å². The van der Waals surface area contributed by atoms with Crippen LogP contribution in [0.5, 0.6) is 0 Å². The van der Waals surface area contributed by atoms with Crippen molar-refractivity contribution in [1.82, 2.24) is 0 Å². The van der Waals surface area contributed by atoms with Gasteiger partial charge in [0.2, 0.25) is 0 Å². The first-order valence-electron chi connectivity index (χ1n) is 3.35. The normalized spacial score (nSPS) is 9.62. The minimum Gasteiger partial charge on any atom is -0.478 e. The van der Waals surface area contributed by atoms with Crippen molar-refractivity contribution in [2.24, 2.45) is 0 Å². The predicted molar refractivity (Wildman–Crippen MR) is 48.1 cm³/mol. The maximum Gasteiger partial charge on any atom is 0.328 e. The van der Waals surface area contributed by atoms with E-state index in [1.807, 2.05) is 0 Å². The molecule has 1 radical (unpaired) electrons. The van der Waals surface area contributed by atoms with Gasteiger partial charge in [-0.1, -0.05) is 23.7 Å². The number of carbonyl (C=O) groups is 1. The molecule has 0 fully saturated rings. The van der Waals surface area contributed by atoms with Gasteiger partial charge in [0.05, 0.1) is 0 Å². The van der Waals surface area contributed by atoms with E-state index in [-0.39, 0.29) is 22.4 Å². The minimum atomic E-state index is -0.954. The first-order chi connectivity index (χ1) is 5.68. The van der Waals surface area contributed by atoms with Crippen LogP contribution in [0.1, 0.15) is 5.56 Å². The molecule has 0 saturated carbocycles. The second-order valence-electron chi connectivity index (χ2n) is 2.22. The van der Waals surface area contributed by atoms with Crippen molar-refractivity contribution in [1.29, 1.82) is 0 Å². The van der Waals surface area contributed by atoms with Crippen LogP contribution in [0, 0.1) is 0 Å². The summed E-state index contributed by atoms with van der Waals surface area (Å²) in [5, 5.41) is 8.96. The summed E-state index contributed by atoms with van der Waals surface area (Å²) in [4.78, 5) is 10.1. The van der Waals surface area contributed by atoms with Crippen LogP contribution in [0.2, 0.25) is 5.02 Å². The third-order valence-electron chi connectivity index (χ3n) is 1.29. The topological polar surface area (TPSA) is 37.3 Å². The summed E-state index contributed by atoms with van der Waals surface area (Å²) in [5.41, 5.74) is 0.821. The van der Waals surface area contributed by atoms with Crippen LogP contribution in [0.15, 0.2) is 30.3 Å². The molecule has 0 unspecified atom stereocenters. The maximum absolute atomic E-state index is 10.1. The summed E-state index contributed by atoms with van der Waals surface area (Å²) in [6.07, 6.45) is 2.60. The molecule has 0 aliphatic heterocycles. The van der Waals surface area contributed by atoms with Gasteiger partial charge in [-0.15, -0.1) is 0 Å². The number of aliphatic carboxylic acids is 1. The molecule has 0 aromatic heterocycles. The molecule has 2 nitrogen and oxygen atoms in total. The summed E-state index contributed by atoms with van der Waals surface area (Å²) in [5.74, 6) is -0.954. The van der Waals surface area contributed by atoms with Gasteiger partial charge in [-0.25, -0.2) is 4.79 Å². The SMILES string of the molecule is O=C(O)/C=C/c1ccc(Cl)cc1.[Ag]. The van der Waals surface area contributed by atoms with E-state index in [0.29, 0.717) is 5.02 Å². The van der Waals surface area contributed by atoms with E-state index in [1.165, 1.54) is 6.08 Å². The van der Waals surface area contributed by atoms with Crippen molar-refractivity contribution >= 4 is 23.6 Å². The van der Waals surface area contributed by atoms with E-state index in [2.05, 4.69) is 0 Å². The zero-order valence-corrected chi connectivity index (χ0v) is 8.74. The number of carboxylic acid groups (broad SMARTS) is 1. The Labute approximate surface area is 96.7 Å². The number of carboxylic acids is 1. The van der Waals surface area contributed by atoms with E-state index in [1.54, 1.807) is 24.3 Å². The quantitative estimate of drug-likeness (QED) is 0.671. The van der Waals surface area contributed by atoms with Crippen molar-refractivity contribution in [3.05, 3.63) is 40.9 Å². The monoisotopic (exact) mass is 289 g/mol. The molecule has 0 heterocycles. The summed E-state index contributed by atoms with van der Waals surface area (Å²) in [6, 6.07) is 6.93. The van der Waals surface area contributed by atoms with Crippen molar-refractivity contribution in [2.75, 3.05) is 0 Å². The molecule has 0 aliphatic carbocycles. The third-order valence-corrected chi connectivity index (χ3v) is 1.54. The van der Waals surface area contributed by atoms with Crippen molar-refractivity contribution < 1.29 is 32.3 Å². The van der Waals surface area contributed by atoms with Crippen LogP contribution < -0.4 is 0 Å². The van der Waals surface area contributed by atoms with Crippen LogP contribution >= 0.6 is 11.6 Å². The Bertz CT molecular complexity index is 306. The molecule has 1 aromatic rings. The molecule has 1 rings (SSSR count). The van der Waals surface area contributed by atoms with Gasteiger partial charge in [-0.05, 0) is 23.8 Å². The molecule has 0 aliphatic rings. The summed E-state index contributed by atoms with van der Waals surface area (Å²) < 4.78 is 0. The average Bonchev–Trinajstić information content (AvgIpc) is 2.03. The molecule has 0 bridgehead atoms. The zero-order chi connectivity index (χ0) is 8.97. The Morgan fingerprint density at radius 3 is 2.31 bits per heavy atom. The first-order valence-corrected chi connectivity index (χ1v) is 3.73. The number of halogens is 1. The first kappa shape index (κ1) is 12.5. The minimum absolute atomic E-state index is 0. The molecule has 0 atom stereocenters. The van der Waals surface area contributed by atoms with Gasteiger partial charge in [0.1, 0.15) is 0 Å². The molecule has 4 heteroatoms. The Kier molecular flexibility index (Phi) is 5.75. The van der Waals surface area contributed by atoms with Gasteiger partial charge in [0, 0.05) is 33.5 Å². The van der Waals surface area contributed by atoms with Gasteiger partial charge in [-0.2, -0.15) is 0 Å². The number of hydrogen-bond donors (Lipinski definition) is 1. The fourth-order valence-corrected chi connectivity index (χ4v) is 0.867. The zero-order valence-electron chi connectivity index (χ0n) is 6.50. The molecule has 13 heavy (non-hydrogen) atoms. The standard InChI is InChI=1S/C9H7ClO2.Ag/c10-8-4-1-7(2-5-8)3-6-9(11)12;/h1-6H,(H,11,12);/b6-3+;. The van der Waals surface area contributed by atoms with Crippen LogP contribution in [0.3, 0.4) is 0 Å². The number of benzene rings is 1. The molecule has 1 aromatic carbocycles. The van der Waals surface area contributed by atoms with Crippen molar-refractivity contribution in [3.8, 4) is 0 Å². The Hall–Kier alpha value is -0.540. The molecule has 0 spiro atoms. The van der Waals surface area contributed by atoms with Gasteiger partial charge < -0.3 is 5.11 Å². The fourth-order valence-electron chi connectivity index (χ4n) is 0.741. The largest absolute Gasteiger partial charge is 0.478 e. The van der Waals surface area contributed by atoms with Gasteiger partial charge >= 0.3 is 5.97 Å². The molecule has 1 N–H and O–H groups in total. The Morgan fingerprint density at radius 1 is 1.31 bits per heavy atom. The Morgan fingerprint density at radius 2 is 1.85 bits per heavy atom. The second-order valence-corrected chi connectivity index (χ2v) is 2.66. The molecular formula is C9H7AgClO2. The Balaban J connectivity index is 0.00000144. The van der Waals surface area contributed by atoms with E-state index in [9.17, 15) is 4.79 Å². The number of hydrogen-bond acceptors (Lipinski definition) is 1. The second kappa shape index (κ2) is 6.00. The van der Waals surface area contributed by atoms with E-state index in [0.717, 1.165) is 11.6 Å². The average molecular weight is 290 g/mol. The summed E-state index contributed by atoms with van der Waals surface area (Å²) in [6.45, 7) is 0. The summed E-state index contributed by atoms with van der Waals surface area (Å²) in [7, 11) is 0. The van der Waals surface area contributed by atoms with E-state index < -0.39 is 5.97 Å². The third kappa shape index (κ3) is 4.91.